The van der Waals surface area contributed by atoms with Gasteiger partial charge in [0, 0.05) is 12.7 Å². The second-order valence-corrected chi connectivity index (χ2v) is 5.24. The average molecular weight is 202 g/mol. The van der Waals surface area contributed by atoms with E-state index in [0.717, 1.165) is 12.8 Å². The van der Waals surface area contributed by atoms with Crippen molar-refractivity contribution in [3.05, 3.63) is 12.2 Å². The maximum Gasteiger partial charge on any atom is 0.330 e. The number of hydrogen-bond acceptors (Lipinski definition) is 2. The van der Waals surface area contributed by atoms with Gasteiger partial charge in [0.15, 0.2) is 9.76 Å². The molecule has 13 heavy (non-hydrogen) atoms. The molecule has 0 aliphatic carbocycles. The molecule has 0 aromatic carbocycles. The Kier molecular flexibility index (Phi) is 6.53. The van der Waals surface area contributed by atoms with E-state index in [-0.39, 0.29) is 0 Å². The Morgan fingerprint density at radius 3 is 2.69 bits per heavy atom. The number of rotatable bonds is 7. The van der Waals surface area contributed by atoms with Gasteiger partial charge in [-0.15, -0.1) is 0 Å². The van der Waals surface area contributed by atoms with Crippen molar-refractivity contribution in [1.29, 1.82) is 0 Å². The lowest BCUT2D eigenvalue weighted by atomic mass is 10.1. The molecule has 0 aromatic rings. The molecule has 1 unspecified atom stereocenters. The van der Waals surface area contributed by atoms with Crippen LogP contribution in [0.1, 0.15) is 26.2 Å². The van der Waals surface area contributed by atoms with Crippen LogP contribution in [0.3, 0.4) is 0 Å². The number of hydrogen-bond donors (Lipinski definition) is 1. The van der Waals surface area contributed by atoms with Gasteiger partial charge in [-0.05, 0) is 18.4 Å². The summed E-state index contributed by atoms with van der Waals surface area (Å²) in [7, 11) is 1.26. The first kappa shape index (κ1) is 12.4. The van der Waals surface area contributed by atoms with Crippen LogP contribution in [0.15, 0.2) is 12.2 Å². The Morgan fingerprint density at radius 2 is 2.31 bits per heavy atom. The maximum atomic E-state index is 10.4. The largest absolute Gasteiger partial charge is 0.478 e. The summed E-state index contributed by atoms with van der Waals surface area (Å²) in [6.07, 6.45) is 2.57. The van der Waals surface area contributed by atoms with Crippen LogP contribution < -0.4 is 0 Å². The fourth-order valence-corrected chi connectivity index (χ4v) is 2.20. The van der Waals surface area contributed by atoms with Crippen molar-refractivity contribution in [3.8, 4) is 0 Å². The lowest BCUT2D eigenvalue weighted by molar-refractivity contribution is -0.132. The number of carbonyl (C=O) groups is 1. The summed E-state index contributed by atoms with van der Waals surface area (Å²) in [6, 6.07) is 0. The third-order valence-electron chi connectivity index (χ3n) is 2.14. The van der Waals surface area contributed by atoms with Gasteiger partial charge in [-0.1, -0.05) is 19.9 Å². The van der Waals surface area contributed by atoms with E-state index in [1.165, 1.54) is 0 Å². The zero-order chi connectivity index (χ0) is 10.3. The van der Waals surface area contributed by atoms with E-state index in [4.69, 9.17) is 9.53 Å². The maximum absolute atomic E-state index is 10.4. The molecule has 0 aliphatic rings. The molecule has 0 saturated carbocycles. The summed E-state index contributed by atoms with van der Waals surface area (Å²) in [5.41, 5.74) is 0.893. The highest BCUT2D eigenvalue weighted by atomic mass is 28.2. The van der Waals surface area contributed by atoms with Crippen LogP contribution in [0.4, 0.5) is 0 Å². The van der Waals surface area contributed by atoms with Gasteiger partial charge in [0.2, 0.25) is 0 Å². The molecule has 0 bridgehead atoms. The third kappa shape index (κ3) is 5.60. The summed E-state index contributed by atoms with van der Waals surface area (Å²) in [5, 5.41) is 8.58. The zero-order valence-electron chi connectivity index (χ0n) is 8.38. The van der Waals surface area contributed by atoms with Crippen molar-refractivity contribution >= 4 is 15.7 Å². The van der Waals surface area contributed by atoms with Crippen LogP contribution in [0, 0.1) is 0 Å². The van der Waals surface area contributed by atoms with Crippen molar-refractivity contribution in [1.82, 2.24) is 0 Å². The smallest absolute Gasteiger partial charge is 0.330 e. The van der Waals surface area contributed by atoms with Crippen LogP contribution in [-0.2, 0) is 9.22 Å². The number of aliphatic carboxylic acids is 1. The fraction of sp³-hybridized carbons (Fsp3) is 0.667. The minimum absolute atomic E-state index is 0.309. The molecular formula is C9H18O3Si. The molecule has 0 rings (SSSR count). The molecule has 0 saturated heterocycles. The molecule has 0 amide bonds. The summed E-state index contributed by atoms with van der Waals surface area (Å²) in [6.45, 7) is 5.61. The predicted octanol–water partition coefficient (Wildman–Crippen LogP) is 1.34. The van der Waals surface area contributed by atoms with E-state index in [2.05, 4.69) is 13.5 Å². The molecular weight excluding hydrogens is 184 g/mol. The van der Waals surface area contributed by atoms with E-state index in [9.17, 15) is 4.79 Å². The second-order valence-electron chi connectivity index (χ2n) is 3.18. The standard InChI is InChI=1S/C9H18O3Si/c1-4-8(13-12-3)6-5-7(2)9(10)11/h8H,2,4-6,13H2,1,3H3,(H,10,11). The van der Waals surface area contributed by atoms with Gasteiger partial charge < -0.3 is 9.53 Å². The van der Waals surface area contributed by atoms with Gasteiger partial charge in [0.1, 0.15) is 0 Å². The molecule has 0 fully saturated rings. The van der Waals surface area contributed by atoms with Gasteiger partial charge in [0.25, 0.3) is 0 Å². The highest BCUT2D eigenvalue weighted by Gasteiger charge is 2.10. The van der Waals surface area contributed by atoms with Gasteiger partial charge in [0.05, 0.1) is 0 Å². The predicted molar refractivity (Wildman–Crippen MR) is 55.6 cm³/mol. The topological polar surface area (TPSA) is 46.5 Å². The van der Waals surface area contributed by atoms with Gasteiger partial charge in [-0.25, -0.2) is 4.79 Å². The fourth-order valence-electron chi connectivity index (χ4n) is 1.13. The van der Waals surface area contributed by atoms with Crippen molar-refractivity contribution in [3.63, 3.8) is 0 Å². The molecule has 1 atom stereocenters. The Bertz CT molecular complexity index is 180. The van der Waals surface area contributed by atoms with Crippen molar-refractivity contribution in [2.45, 2.75) is 31.7 Å². The minimum Gasteiger partial charge on any atom is -0.478 e. The van der Waals surface area contributed by atoms with E-state index in [0.29, 0.717) is 17.5 Å². The lowest BCUT2D eigenvalue weighted by Gasteiger charge is -2.11. The molecule has 76 valence electrons. The SMILES string of the molecule is C=C(CCC(CC)[SiH2]OC)C(=O)O. The summed E-state index contributed by atoms with van der Waals surface area (Å²) >= 11 is 0. The van der Waals surface area contributed by atoms with Crippen LogP contribution >= 0.6 is 0 Å². The number of carboxylic acids is 1. The van der Waals surface area contributed by atoms with Crippen LogP contribution in [0.5, 0.6) is 0 Å². The van der Waals surface area contributed by atoms with Crippen molar-refractivity contribution in [2.24, 2.45) is 0 Å². The second kappa shape index (κ2) is 6.86. The summed E-state index contributed by atoms with van der Waals surface area (Å²) < 4.78 is 5.15. The van der Waals surface area contributed by atoms with Crippen molar-refractivity contribution in [2.75, 3.05) is 7.11 Å². The first-order valence-electron chi connectivity index (χ1n) is 4.51. The molecule has 4 heteroatoms. The van der Waals surface area contributed by atoms with Crippen LogP contribution in [0.2, 0.25) is 5.54 Å². The first-order valence-corrected chi connectivity index (χ1v) is 5.91. The van der Waals surface area contributed by atoms with Gasteiger partial charge >= 0.3 is 5.97 Å². The lowest BCUT2D eigenvalue weighted by Crippen LogP contribution is -2.07. The molecule has 0 spiro atoms. The molecule has 0 aromatic heterocycles. The third-order valence-corrected chi connectivity index (χ3v) is 3.93. The molecule has 0 radical (unpaired) electrons. The molecule has 1 N–H and O–H groups in total. The zero-order valence-corrected chi connectivity index (χ0v) is 9.79. The Balaban J connectivity index is 3.71. The molecule has 3 nitrogen and oxygen atoms in total. The van der Waals surface area contributed by atoms with E-state index in [1.54, 1.807) is 7.11 Å². The number of carboxylic acid groups (broad SMARTS) is 1. The van der Waals surface area contributed by atoms with E-state index < -0.39 is 15.7 Å². The van der Waals surface area contributed by atoms with Crippen molar-refractivity contribution < 1.29 is 14.3 Å². The highest BCUT2D eigenvalue weighted by molar-refractivity contribution is 6.29. The molecule has 0 heterocycles. The average Bonchev–Trinajstić information content (AvgIpc) is 2.11. The monoisotopic (exact) mass is 202 g/mol. The Hall–Kier alpha value is -0.613. The Morgan fingerprint density at radius 1 is 1.69 bits per heavy atom. The van der Waals surface area contributed by atoms with Gasteiger partial charge in [-0.3, -0.25) is 0 Å². The first-order chi connectivity index (χ1) is 6.11. The normalized spacial score (nSPS) is 13.4. The molecule has 0 aliphatic heterocycles. The van der Waals surface area contributed by atoms with E-state index >= 15 is 0 Å². The van der Waals surface area contributed by atoms with Crippen LogP contribution in [-0.4, -0.2) is 27.9 Å². The Labute approximate surface area is 81.7 Å². The summed E-state index contributed by atoms with van der Waals surface area (Å²) in [5.74, 6) is -0.881. The quantitative estimate of drug-likeness (QED) is 0.500. The summed E-state index contributed by atoms with van der Waals surface area (Å²) in [4.78, 5) is 10.4. The van der Waals surface area contributed by atoms with E-state index in [1.807, 2.05) is 0 Å². The minimum atomic E-state index is -0.881. The highest BCUT2D eigenvalue weighted by Crippen LogP contribution is 2.19. The van der Waals surface area contributed by atoms with Gasteiger partial charge in [-0.2, -0.15) is 0 Å². The van der Waals surface area contributed by atoms with Crippen LogP contribution in [0.25, 0.3) is 0 Å².